The number of carbonyl (C=O) groups is 2. The summed E-state index contributed by atoms with van der Waals surface area (Å²) in [5, 5.41) is 4.70. The van der Waals surface area contributed by atoms with E-state index in [9.17, 15) is 9.59 Å². The lowest BCUT2D eigenvalue weighted by atomic mass is 10.1. The van der Waals surface area contributed by atoms with Crippen LogP contribution in [0.25, 0.3) is 0 Å². The van der Waals surface area contributed by atoms with Crippen LogP contribution in [0, 0.1) is 0 Å². The van der Waals surface area contributed by atoms with E-state index >= 15 is 0 Å². The van der Waals surface area contributed by atoms with Crippen molar-refractivity contribution >= 4 is 28.8 Å². The van der Waals surface area contributed by atoms with E-state index in [0.717, 1.165) is 5.56 Å². The summed E-state index contributed by atoms with van der Waals surface area (Å²) < 4.78 is 10.8. The van der Waals surface area contributed by atoms with Crippen molar-refractivity contribution in [2.45, 2.75) is 13.5 Å². The van der Waals surface area contributed by atoms with Gasteiger partial charge in [-0.15, -0.1) is 11.3 Å². The molecular formula is C22H20N2O4S. The first-order valence-electron chi connectivity index (χ1n) is 9.27. The molecule has 0 saturated heterocycles. The first kappa shape index (κ1) is 19.0. The fourth-order valence-corrected chi connectivity index (χ4v) is 3.75. The van der Waals surface area contributed by atoms with Crippen molar-refractivity contribution < 1.29 is 19.1 Å². The summed E-state index contributed by atoms with van der Waals surface area (Å²) in [6, 6.07) is 16.3. The van der Waals surface area contributed by atoms with Gasteiger partial charge in [-0.25, -0.2) is 0 Å². The standard InChI is InChI=1S/C22H20N2O4S/c1-2-24(13-15-9-10-18-19(12-15)28-14-27-18)22(26)16-6-3-4-7-17(16)23-21(25)20-8-5-11-29-20/h3-12H,2,13-14H2,1H3,(H,23,25). The minimum atomic E-state index is -0.223. The molecule has 29 heavy (non-hydrogen) atoms. The molecule has 0 atom stereocenters. The molecule has 4 rings (SSSR count). The Morgan fingerprint density at radius 3 is 2.69 bits per heavy atom. The Morgan fingerprint density at radius 2 is 1.90 bits per heavy atom. The molecule has 1 aliphatic rings. The van der Waals surface area contributed by atoms with Crippen LogP contribution >= 0.6 is 11.3 Å². The number of hydrogen-bond donors (Lipinski definition) is 1. The fourth-order valence-electron chi connectivity index (χ4n) is 3.13. The molecule has 0 saturated carbocycles. The minimum Gasteiger partial charge on any atom is -0.454 e. The lowest BCUT2D eigenvalue weighted by molar-refractivity contribution is 0.0753. The third-order valence-electron chi connectivity index (χ3n) is 4.63. The maximum Gasteiger partial charge on any atom is 0.265 e. The molecule has 2 aromatic carbocycles. The molecule has 0 spiro atoms. The number of benzene rings is 2. The second-order valence-electron chi connectivity index (χ2n) is 6.48. The summed E-state index contributed by atoms with van der Waals surface area (Å²) in [5.74, 6) is 1.03. The third-order valence-corrected chi connectivity index (χ3v) is 5.50. The van der Waals surface area contributed by atoms with E-state index in [1.54, 1.807) is 35.2 Å². The molecule has 1 aromatic heterocycles. The Balaban J connectivity index is 1.54. The van der Waals surface area contributed by atoms with Crippen molar-refractivity contribution in [3.05, 3.63) is 76.0 Å². The second-order valence-corrected chi connectivity index (χ2v) is 7.43. The molecule has 2 amide bonds. The van der Waals surface area contributed by atoms with E-state index in [1.165, 1.54) is 11.3 Å². The highest BCUT2D eigenvalue weighted by Gasteiger charge is 2.21. The van der Waals surface area contributed by atoms with Crippen LogP contribution in [0.15, 0.2) is 60.0 Å². The van der Waals surface area contributed by atoms with Gasteiger partial charge in [0.15, 0.2) is 11.5 Å². The lowest BCUT2D eigenvalue weighted by Crippen LogP contribution is -2.31. The molecule has 2 heterocycles. The van der Waals surface area contributed by atoms with Crippen LogP contribution in [0.4, 0.5) is 5.69 Å². The van der Waals surface area contributed by atoms with Crippen molar-refractivity contribution in [2.24, 2.45) is 0 Å². The number of ether oxygens (including phenoxy) is 2. The van der Waals surface area contributed by atoms with Gasteiger partial charge in [0.05, 0.1) is 16.1 Å². The van der Waals surface area contributed by atoms with Crippen molar-refractivity contribution in [3.63, 3.8) is 0 Å². The molecule has 0 bridgehead atoms. The van der Waals surface area contributed by atoms with Gasteiger partial charge < -0.3 is 19.7 Å². The molecule has 0 radical (unpaired) electrons. The number of carbonyl (C=O) groups excluding carboxylic acids is 2. The SMILES string of the molecule is CCN(Cc1ccc2c(c1)OCO2)C(=O)c1ccccc1NC(=O)c1cccs1. The molecule has 0 aliphatic carbocycles. The Hall–Kier alpha value is -3.32. The van der Waals surface area contributed by atoms with Crippen LogP contribution < -0.4 is 14.8 Å². The average molecular weight is 408 g/mol. The third kappa shape index (κ3) is 4.09. The number of anilines is 1. The molecule has 0 unspecified atom stereocenters. The van der Waals surface area contributed by atoms with E-state index in [1.807, 2.05) is 36.6 Å². The Kier molecular flexibility index (Phi) is 5.48. The van der Waals surface area contributed by atoms with Gasteiger partial charge in [-0.05, 0) is 48.2 Å². The highest BCUT2D eigenvalue weighted by atomic mass is 32.1. The molecular weight excluding hydrogens is 388 g/mol. The fraction of sp³-hybridized carbons (Fsp3) is 0.182. The van der Waals surface area contributed by atoms with E-state index in [2.05, 4.69) is 5.32 Å². The molecule has 7 heteroatoms. The van der Waals surface area contributed by atoms with Gasteiger partial charge in [0.2, 0.25) is 6.79 Å². The number of nitrogens with zero attached hydrogens (tertiary/aromatic N) is 1. The summed E-state index contributed by atoms with van der Waals surface area (Å²) >= 11 is 1.36. The summed E-state index contributed by atoms with van der Waals surface area (Å²) in [6.07, 6.45) is 0. The summed E-state index contributed by atoms with van der Waals surface area (Å²) in [6.45, 7) is 3.10. The molecule has 1 N–H and O–H groups in total. The minimum absolute atomic E-state index is 0.146. The van der Waals surface area contributed by atoms with E-state index in [0.29, 0.717) is 40.7 Å². The van der Waals surface area contributed by atoms with E-state index in [4.69, 9.17) is 9.47 Å². The zero-order chi connectivity index (χ0) is 20.2. The summed E-state index contributed by atoms with van der Waals surface area (Å²) in [5.41, 5.74) is 1.91. The molecule has 6 nitrogen and oxygen atoms in total. The van der Waals surface area contributed by atoms with Crippen LogP contribution in [0.2, 0.25) is 0 Å². The number of hydrogen-bond acceptors (Lipinski definition) is 5. The van der Waals surface area contributed by atoms with Gasteiger partial charge in [-0.1, -0.05) is 24.3 Å². The number of thiophene rings is 1. The molecule has 0 fully saturated rings. The van der Waals surface area contributed by atoms with E-state index in [-0.39, 0.29) is 18.6 Å². The quantitative estimate of drug-likeness (QED) is 0.657. The van der Waals surface area contributed by atoms with Crippen molar-refractivity contribution in [2.75, 3.05) is 18.7 Å². The maximum absolute atomic E-state index is 13.2. The van der Waals surface area contributed by atoms with Crippen LogP contribution in [0.5, 0.6) is 11.5 Å². The van der Waals surface area contributed by atoms with Gasteiger partial charge in [0, 0.05) is 13.1 Å². The van der Waals surface area contributed by atoms with Gasteiger partial charge in [0.25, 0.3) is 11.8 Å². The maximum atomic E-state index is 13.2. The van der Waals surface area contributed by atoms with E-state index < -0.39 is 0 Å². The van der Waals surface area contributed by atoms with Gasteiger partial charge in [0.1, 0.15) is 0 Å². The van der Waals surface area contributed by atoms with Gasteiger partial charge >= 0.3 is 0 Å². The molecule has 148 valence electrons. The first-order valence-corrected chi connectivity index (χ1v) is 10.2. The Bertz CT molecular complexity index is 1030. The van der Waals surface area contributed by atoms with Gasteiger partial charge in [-0.2, -0.15) is 0 Å². The van der Waals surface area contributed by atoms with Crippen LogP contribution in [0.3, 0.4) is 0 Å². The number of fused-ring (bicyclic) bond motifs is 1. The highest BCUT2D eigenvalue weighted by molar-refractivity contribution is 7.12. The zero-order valence-corrected chi connectivity index (χ0v) is 16.7. The largest absolute Gasteiger partial charge is 0.454 e. The predicted octanol–water partition coefficient (Wildman–Crippen LogP) is 4.39. The molecule has 3 aromatic rings. The van der Waals surface area contributed by atoms with Crippen molar-refractivity contribution in [3.8, 4) is 11.5 Å². The van der Waals surface area contributed by atoms with Crippen LogP contribution in [-0.2, 0) is 6.54 Å². The van der Waals surface area contributed by atoms with Crippen molar-refractivity contribution in [1.29, 1.82) is 0 Å². The normalized spacial score (nSPS) is 11.9. The number of para-hydroxylation sites is 1. The topological polar surface area (TPSA) is 67.9 Å². The average Bonchev–Trinajstić information content (AvgIpc) is 3.43. The Morgan fingerprint density at radius 1 is 1.07 bits per heavy atom. The number of rotatable bonds is 6. The summed E-state index contributed by atoms with van der Waals surface area (Å²) in [7, 11) is 0. The number of nitrogens with one attached hydrogen (secondary N) is 1. The summed E-state index contributed by atoms with van der Waals surface area (Å²) in [4.78, 5) is 28.0. The lowest BCUT2D eigenvalue weighted by Gasteiger charge is -2.22. The monoisotopic (exact) mass is 408 g/mol. The highest BCUT2D eigenvalue weighted by Crippen LogP contribution is 2.33. The second kappa shape index (κ2) is 8.36. The van der Waals surface area contributed by atoms with Crippen molar-refractivity contribution in [1.82, 2.24) is 4.90 Å². The number of amides is 2. The Labute approximate surface area is 172 Å². The smallest absolute Gasteiger partial charge is 0.265 e. The van der Waals surface area contributed by atoms with Crippen LogP contribution in [0.1, 0.15) is 32.5 Å². The van der Waals surface area contributed by atoms with Crippen LogP contribution in [-0.4, -0.2) is 30.1 Å². The zero-order valence-electron chi connectivity index (χ0n) is 15.9. The first-order chi connectivity index (χ1) is 14.2. The molecule has 1 aliphatic heterocycles. The van der Waals surface area contributed by atoms with Gasteiger partial charge in [-0.3, -0.25) is 9.59 Å². The predicted molar refractivity (Wildman–Crippen MR) is 112 cm³/mol.